The summed E-state index contributed by atoms with van der Waals surface area (Å²) < 4.78 is 0. The monoisotopic (exact) mass is 304 g/mol. The number of pyridine rings is 1. The van der Waals surface area contributed by atoms with Gasteiger partial charge in [-0.1, -0.05) is 0 Å². The van der Waals surface area contributed by atoms with Crippen LogP contribution in [0.15, 0.2) is 18.3 Å². The number of aromatic amines is 1. The SMILES string of the molecule is Cc1ccnc(Nc2nc(Cl)nc3c(C(=O)O)[nH]nc23)c1. The van der Waals surface area contributed by atoms with Crippen molar-refractivity contribution in [1.82, 2.24) is 25.1 Å². The maximum Gasteiger partial charge on any atom is 0.356 e. The number of fused-ring (bicyclic) bond motifs is 1. The molecule has 9 heteroatoms. The molecule has 0 aliphatic rings. The number of rotatable bonds is 3. The number of H-pyrrole nitrogens is 1. The Morgan fingerprint density at radius 3 is 2.90 bits per heavy atom. The van der Waals surface area contributed by atoms with Gasteiger partial charge in [-0.05, 0) is 36.2 Å². The molecule has 0 fully saturated rings. The van der Waals surface area contributed by atoms with Gasteiger partial charge in [-0.25, -0.2) is 14.8 Å². The van der Waals surface area contributed by atoms with Gasteiger partial charge >= 0.3 is 5.97 Å². The summed E-state index contributed by atoms with van der Waals surface area (Å²) in [6.45, 7) is 1.92. The molecule has 3 N–H and O–H groups in total. The van der Waals surface area contributed by atoms with Gasteiger partial charge in [0.25, 0.3) is 0 Å². The zero-order valence-corrected chi connectivity index (χ0v) is 11.5. The molecule has 21 heavy (non-hydrogen) atoms. The van der Waals surface area contributed by atoms with Gasteiger partial charge in [-0.15, -0.1) is 0 Å². The van der Waals surface area contributed by atoms with E-state index >= 15 is 0 Å². The Kier molecular flexibility index (Phi) is 3.15. The van der Waals surface area contributed by atoms with Gasteiger partial charge in [0.15, 0.2) is 17.0 Å². The lowest BCUT2D eigenvalue weighted by molar-refractivity contribution is 0.0692. The average Bonchev–Trinajstić information content (AvgIpc) is 2.82. The number of aromatic carboxylic acids is 1. The lowest BCUT2D eigenvalue weighted by Gasteiger charge is -2.06. The van der Waals surface area contributed by atoms with Crippen LogP contribution >= 0.6 is 11.6 Å². The third kappa shape index (κ3) is 2.48. The molecule has 0 unspecified atom stereocenters. The fraction of sp³-hybridized carbons (Fsp3) is 0.0833. The van der Waals surface area contributed by atoms with Crippen LogP contribution in [0.3, 0.4) is 0 Å². The summed E-state index contributed by atoms with van der Waals surface area (Å²) in [5.41, 5.74) is 1.28. The van der Waals surface area contributed by atoms with Crippen molar-refractivity contribution in [3.05, 3.63) is 34.9 Å². The van der Waals surface area contributed by atoms with Crippen molar-refractivity contribution in [2.75, 3.05) is 5.32 Å². The van der Waals surface area contributed by atoms with Crippen LogP contribution in [0, 0.1) is 6.92 Å². The van der Waals surface area contributed by atoms with Crippen molar-refractivity contribution in [1.29, 1.82) is 0 Å². The number of carboxylic acid groups (broad SMARTS) is 1. The van der Waals surface area contributed by atoms with Gasteiger partial charge in [0, 0.05) is 6.20 Å². The fourth-order valence-corrected chi connectivity index (χ4v) is 2.00. The van der Waals surface area contributed by atoms with Crippen molar-refractivity contribution in [2.24, 2.45) is 0 Å². The summed E-state index contributed by atoms with van der Waals surface area (Å²) in [5.74, 6) is -0.343. The molecule has 0 aliphatic heterocycles. The molecular formula is C12H9ClN6O2. The van der Waals surface area contributed by atoms with Gasteiger partial charge in [0.1, 0.15) is 11.3 Å². The third-order valence-corrected chi connectivity index (χ3v) is 2.92. The van der Waals surface area contributed by atoms with Crippen LogP contribution in [0.5, 0.6) is 0 Å². The molecule has 3 aromatic rings. The number of nitrogens with zero attached hydrogens (tertiary/aromatic N) is 4. The standard InChI is InChI=1S/C12H9ClN6O2/c1-5-2-3-14-6(4-5)15-10-8-7(16-12(13)17-10)9(11(20)21)19-18-8/h2-4H,1H3,(H,18,19)(H,20,21)(H,14,15,16,17). The van der Waals surface area contributed by atoms with Crippen molar-refractivity contribution < 1.29 is 9.90 Å². The van der Waals surface area contributed by atoms with Crippen LogP contribution in [-0.4, -0.2) is 36.2 Å². The highest BCUT2D eigenvalue weighted by molar-refractivity contribution is 6.29. The molecule has 0 saturated carbocycles. The molecule has 0 atom stereocenters. The van der Waals surface area contributed by atoms with Crippen LogP contribution in [0.1, 0.15) is 16.1 Å². The van der Waals surface area contributed by atoms with E-state index in [1.54, 1.807) is 6.20 Å². The van der Waals surface area contributed by atoms with Crippen LogP contribution < -0.4 is 5.32 Å². The first kappa shape index (κ1) is 13.3. The number of halogens is 1. The number of aryl methyl sites for hydroxylation is 1. The molecule has 3 aromatic heterocycles. The largest absolute Gasteiger partial charge is 0.476 e. The average molecular weight is 305 g/mol. The van der Waals surface area contributed by atoms with Gasteiger partial charge in [-0.2, -0.15) is 10.1 Å². The Hall–Kier alpha value is -2.74. The van der Waals surface area contributed by atoms with E-state index in [1.165, 1.54) is 0 Å². The number of carbonyl (C=O) groups is 1. The zero-order valence-electron chi connectivity index (χ0n) is 10.8. The smallest absolute Gasteiger partial charge is 0.356 e. The summed E-state index contributed by atoms with van der Waals surface area (Å²) in [4.78, 5) is 23.2. The van der Waals surface area contributed by atoms with Crippen LogP contribution in [-0.2, 0) is 0 Å². The first-order valence-corrected chi connectivity index (χ1v) is 6.27. The molecular weight excluding hydrogens is 296 g/mol. The quantitative estimate of drug-likeness (QED) is 0.635. The Morgan fingerprint density at radius 2 is 2.19 bits per heavy atom. The second kappa shape index (κ2) is 4.98. The molecule has 0 spiro atoms. The van der Waals surface area contributed by atoms with Gasteiger partial charge in [0.05, 0.1) is 0 Å². The molecule has 8 nitrogen and oxygen atoms in total. The van der Waals surface area contributed by atoms with Gasteiger partial charge in [-0.3, -0.25) is 5.10 Å². The minimum Gasteiger partial charge on any atom is -0.476 e. The van der Waals surface area contributed by atoms with Gasteiger partial charge < -0.3 is 10.4 Å². The summed E-state index contributed by atoms with van der Waals surface area (Å²) in [5, 5.41) is 18.3. The molecule has 0 aromatic carbocycles. The van der Waals surface area contributed by atoms with E-state index in [0.29, 0.717) is 5.82 Å². The highest BCUT2D eigenvalue weighted by atomic mass is 35.5. The molecule has 0 radical (unpaired) electrons. The lowest BCUT2D eigenvalue weighted by Crippen LogP contribution is -2.01. The third-order valence-electron chi connectivity index (χ3n) is 2.75. The van der Waals surface area contributed by atoms with E-state index in [1.807, 2.05) is 19.1 Å². The molecule has 0 amide bonds. The Bertz CT molecular complexity index is 847. The van der Waals surface area contributed by atoms with E-state index in [0.717, 1.165) is 5.56 Å². The van der Waals surface area contributed by atoms with E-state index in [4.69, 9.17) is 16.7 Å². The highest BCUT2D eigenvalue weighted by Crippen LogP contribution is 2.25. The predicted octanol–water partition coefficient (Wildman–Crippen LogP) is 2.15. The molecule has 3 heterocycles. The maximum atomic E-state index is 11.1. The molecule has 0 bridgehead atoms. The van der Waals surface area contributed by atoms with E-state index < -0.39 is 5.97 Å². The van der Waals surface area contributed by atoms with Crippen molar-refractivity contribution in [3.63, 3.8) is 0 Å². The number of carboxylic acids is 1. The first-order chi connectivity index (χ1) is 10.0. The van der Waals surface area contributed by atoms with Crippen molar-refractivity contribution in [2.45, 2.75) is 6.92 Å². The molecule has 3 rings (SSSR count). The summed E-state index contributed by atoms with van der Waals surface area (Å²) in [6, 6.07) is 3.66. The van der Waals surface area contributed by atoms with Crippen LogP contribution in [0.25, 0.3) is 11.0 Å². The van der Waals surface area contributed by atoms with E-state index in [2.05, 4.69) is 30.5 Å². The Balaban J connectivity index is 2.12. The van der Waals surface area contributed by atoms with Crippen molar-refractivity contribution in [3.8, 4) is 0 Å². The summed E-state index contributed by atoms with van der Waals surface area (Å²) >= 11 is 5.84. The second-order valence-electron chi connectivity index (χ2n) is 4.29. The Morgan fingerprint density at radius 1 is 1.38 bits per heavy atom. The topological polar surface area (TPSA) is 117 Å². The van der Waals surface area contributed by atoms with Crippen molar-refractivity contribution >= 4 is 40.2 Å². The molecule has 0 aliphatic carbocycles. The molecule has 106 valence electrons. The summed E-state index contributed by atoms with van der Waals surface area (Å²) in [6.07, 6.45) is 1.64. The predicted molar refractivity (Wildman–Crippen MR) is 75.9 cm³/mol. The first-order valence-electron chi connectivity index (χ1n) is 5.89. The Labute approximate surface area is 123 Å². The zero-order chi connectivity index (χ0) is 15.0. The lowest BCUT2D eigenvalue weighted by atomic mass is 10.3. The maximum absolute atomic E-state index is 11.1. The van der Waals surface area contributed by atoms with Gasteiger partial charge in [0.2, 0.25) is 5.28 Å². The second-order valence-corrected chi connectivity index (χ2v) is 4.62. The minimum absolute atomic E-state index is 0.0819. The molecule has 0 saturated heterocycles. The minimum atomic E-state index is -1.17. The fourth-order valence-electron chi connectivity index (χ4n) is 1.83. The van der Waals surface area contributed by atoms with Crippen LogP contribution in [0.4, 0.5) is 11.6 Å². The number of nitrogens with one attached hydrogen (secondary N) is 2. The number of hydrogen-bond acceptors (Lipinski definition) is 6. The van der Waals surface area contributed by atoms with E-state index in [-0.39, 0.29) is 27.8 Å². The van der Waals surface area contributed by atoms with E-state index in [9.17, 15) is 4.79 Å². The number of aromatic nitrogens is 5. The van der Waals surface area contributed by atoms with Crippen LogP contribution in [0.2, 0.25) is 5.28 Å². The number of anilines is 2. The normalized spacial score (nSPS) is 10.8. The summed E-state index contributed by atoms with van der Waals surface area (Å²) in [7, 11) is 0. The highest BCUT2D eigenvalue weighted by Gasteiger charge is 2.18. The number of hydrogen-bond donors (Lipinski definition) is 3.